The van der Waals surface area contributed by atoms with E-state index in [0.717, 1.165) is 28.9 Å². The summed E-state index contributed by atoms with van der Waals surface area (Å²) in [5.41, 5.74) is 3.84. The fraction of sp³-hybridized carbons (Fsp3) is 0.240. The van der Waals surface area contributed by atoms with Gasteiger partial charge in [0.15, 0.2) is 6.04 Å². The maximum absolute atomic E-state index is 13.4. The molecule has 1 aliphatic heterocycles. The van der Waals surface area contributed by atoms with E-state index in [1.165, 1.54) is 0 Å². The quantitative estimate of drug-likeness (QED) is 0.659. The molecule has 0 saturated carbocycles. The number of carbonyl (C=O) groups is 1. The molecule has 0 spiro atoms. The number of quaternary nitrogens is 1. The number of methoxy groups -OCH3 is 1. The highest BCUT2D eigenvalue weighted by molar-refractivity contribution is 5.95. The van der Waals surface area contributed by atoms with Crippen molar-refractivity contribution in [3.63, 3.8) is 0 Å². The van der Waals surface area contributed by atoms with Crippen molar-refractivity contribution < 1.29 is 19.6 Å². The van der Waals surface area contributed by atoms with Crippen LogP contribution in [0, 0.1) is 6.92 Å². The third-order valence-corrected chi connectivity index (χ3v) is 5.48. The van der Waals surface area contributed by atoms with Crippen LogP contribution in [-0.4, -0.2) is 19.6 Å². The van der Waals surface area contributed by atoms with Crippen molar-refractivity contribution >= 4 is 11.6 Å². The van der Waals surface area contributed by atoms with E-state index in [-0.39, 0.29) is 11.9 Å². The van der Waals surface area contributed by atoms with Crippen molar-refractivity contribution in [1.82, 2.24) is 0 Å². The second kappa shape index (κ2) is 9.01. The molecule has 154 valence electrons. The van der Waals surface area contributed by atoms with Crippen molar-refractivity contribution in [2.24, 2.45) is 0 Å². The number of nitrogens with one attached hydrogen (secondary N) is 1. The molecule has 5 heteroatoms. The SMILES string of the molecule is COc1ccc(C)cc1NC(=O)[C@@H]([NH2+][C@H]1CCOc2ccccc21)c1ccccc1. The minimum atomic E-state index is -0.396. The molecule has 0 fully saturated rings. The van der Waals surface area contributed by atoms with Gasteiger partial charge in [0, 0.05) is 12.0 Å². The Morgan fingerprint density at radius 2 is 1.87 bits per heavy atom. The Kier molecular flexibility index (Phi) is 6.00. The zero-order valence-electron chi connectivity index (χ0n) is 17.3. The Labute approximate surface area is 177 Å². The Hall–Kier alpha value is -3.31. The second-order valence-corrected chi connectivity index (χ2v) is 7.56. The molecule has 0 radical (unpaired) electrons. The summed E-state index contributed by atoms with van der Waals surface area (Å²) < 4.78 is 11.2. The normalized spacial score (nSPS) is 16.1. The number of nitrogens with two attached hydrogens (primary N) is 1. The topological polar surface area (TPSA) is 64.2 Å². The molecule has 1 heterocycles. The van der Waals surface area contributed by atoms with E-state index < -0.39 is 6.04 Å². The number of hydrogen-bond acceptors (Lipinski definition) is 3. The van der Waals surface area contributed by atoms with Crippen molar-refractivity contribution in [3.05, 3.63) is 89.5 Å². The number of benzene rings is 3. The lowest BCUT2D eigenvalue weighted by Gasteiger charge is -2.27. The first-order chi connectivity index (χ1) is 14.7. The number of aryl methyl sites for hydroxylation is 1. The third kappa shape index (κ3) is 4.31. The van der Waals surface area contributed by atoms with Crippen LogP contribution in [0.15, 0.2) is 72.8 Å². The minimum absolute atomic E-state index is 0.0749. The summed E-state index contributed by atoms with van der Waals surface area (Å²) in [4.78, 5) is 13.4. The molecule has 1 amide bonds. The number of hydrogen-bond donors (Lipinski definition) is 2. The van der Waals surface area contributed by atoms with Gasteiger partial charge in [-0.05, 0) is 36.8 Å². The Morgan fingerprint density at radius 1 is 1.10 bits per heavy atom. The predicted molar refractivity (Wildman–Crippen MR) is 117 cm³/mol. The average Bonchev–Trinajstić information content (AvgIpc) is 2.78. The van der Waals surface area contributed by atoms with Crippen LogP contribution in [0.4, 0.5) is 5.69 Å². The Bertz CT molecular complexity index is 1020. The maximum atomic E-state index is 13.4. The summed E-state index contributed by atoms with van der Waals surface area (Å²) in [6, 6.07) is 23.5. The standard InChI is InChI=1S/C25H26N2O3/c1-17-12-13-23(29-2)21(16-17)27-25(28)24(18-8-4-3-5-9-18)26-20-14-15-30-22-11-7-6-10-19(20)22/h3-13,16,20,24,26H,14-15H2,1-2H3,(H,27,28)/p+1/t20-,24-/m0/s1. The number of ether oxygens (including phenoxy) is 2. The Morgan fingerprint density at radius 3 is 2.67 bits per heavy atom. The van der Waals surface area contributed by atoms with Gasteiger partial charge in [-0.2, -0.15) is 0 Å². The summed E-state index contributed by atoms with van der Waals surface area (Å²) in [7, 11) is 1.61. The molecule has 2 atom stereocenters. The first-order valence-electron chi connectivity index (χ1n) is 10.2. The molecular weight excluding hydrogens is 376 g/mol. The van der Waals surface area contributed by atoms with Gasteiger partial charge >= 0.3 is 0 Å². The zero-order valence-corrected chi connectivity index (χ0v) is 17.3. The van der Waals surface area contributed by atoms with Crippen LogP contribution < -0.4 is 20.1 Å². The second-order valence-electron chi connectivity index (χ2n) is 7.56. The van der Waals surface area contributed by atoms with Gasteiger partial charge in [0.2, 0.25) is 0 Å². The summed E-state index contributed by atoms with van der Waals surface area (Å²) in [6.45, 7) is 2.64. The fourth-order valence-corrected chi connectivity index (χ4v) is 3.94. The number of rotatable bonds is 6. The Balaban J connectivity index is 1.63. The lowest BCUT2D eigenvalue weighted by molar-refractivity contribution is -0.723. The zero-order chi connectivity index (χ0) is 20.9. The predicted octanol–water partition coefficient (Wildman–Crippen LogP) is 3.77. The van der Waals surface area contributed by atoms with Crippen molar-refractivity contribution in [2.45, 2.75) is 25.4 Å². The molecule has 0 aromatic heterocycles. The van der Waals surface area contributed by atoms with E-state index in [1.807, 2.05) is 73.7 Å². The van der Waals surface area contributed by atoms with Gasteiger partial charge in [0.05, 0.1) is 25.0 Å². The lowest BCUT2D eigenvalue weighted by atomic mass is 9.97. The van der Waals surface area contributed by atoms with Crippen molar-refractivity contribution in [1.29, 1.82) is 0 Å². The van der Waals surface area contributed by atoms with Gasteiger partial charge < -0.3 is 20.1 Å². The van der Waals surface area contributed by atoms with E-state index >= 15 is 0 Å². The molecule has 3 aromatic carbocycles. The number of para-hydroxylation sites is 1. The molecule has 0 unspecified atom stereocenters. The fourth-order valence-electron chi connectivity index (χ4n) is 3.94. The van der Waals surface area contributed by atoms with Gasteiger partial charge in [0.1, 0.15) is 17.5 Å². The first kappa shape index (κ1) is 20.0. The van der Waals surface area contributed by atoms with Gasteiger partial charge in [-0.15, -0.1) is 0 Å². The highest BCUT2D eigenvalue weighted by Gasteiger charge is 2.32. The minimum Gasteiger partial charge on any atom is -0.495 e. The van der Waals surface area contributed by atoms with Gasteiger partial charge in [-0.3, -0.25) is 4.79 Å². The van der Waals surface area contributed by atoms with Crippen molar-refractivity contribution in [2.75, 3.05) is 19.0 Å². The first-order valence-corrected chi connectivity index (χ1v) is 10.2. The smallest absolute Gasteiger partial charge is 0.287 e. The average molecular weight is 404 g/mol. The molecule has 0 aliphatic carbocycles. The highest BCUT2D eigenvalue weighted by atomic mass is 16.5. The van der Waals surface area contributed by atoms with Gasteiger partial charge in [-0.1, -0.05) is 48.5 Å². The molecule has 0 saturated heterocycles. The van der Waals surface area contributed by atoms with Gasteiger partial charge in [0.25, 0.3) is 5.91 Å². The monoisotopic (exact) mass is 403 g/mol. The van der Waals surface area contributed by atoms with Crippen LogP contribution in [0.3, 0.4) is 0 Å². The summed E-state index contributed by atoms with van der Waals surface area (Å²) >= 11 is 0. The van der Waals surface area contributed by atoms with Crippen LogP contribution in [0.1, 0.15) is 35.2 Å². The molecule has 3 aromatic rings. The number of amides is 1. The van der Waals surface area contributed by atoms with E-state index in [9.17, 15) is 4.79 Å². The van der Waals surface area contributed by atoms with Crippen LogP contribution in [-0.2, 0) is 4.79 Å². The maximum Gasteiger partial charge on any atom is 0.287 e. The molecule has 4 rings (SSSR count). The molecule has 3 N–H and O–H groups in total. The van der Waals surface area contributed by atoms with E-state index in [1.54, 1.807) is 7.11 Å². The van der Waals surface area contributed by atoms with Crippen LogP contribution in [0.5, 0.6) is 11.5 Å². The number of fused-ring (bicyclic) bond motifs is 1. The largest absolute Gasteiger partial charge is 0.495 e. The van der Waals surface area contributed by atoms with Crippen LogP contribution in [0.25, 0.3) is 0 Å². The summed E-state index contributed by atoms with van der Waals surface area (Å²) in [5, 5.41) is 5.24. The number of anilines is 1. The summed E-state index contributed by atoms with van der Waals surface area (Å²) in [5.74, 6) is 1.48. The van der Waals surface area contributed by atoms with Crippen LogP contribution in [0.2, 0.25) is 0 Å². The molecule has 5 nitrogen and oxygen atoms in total. The van der Waals surface area contributed by atoms with E-state index in [0.29, 0.717) is 18.0 Å². The molecule has 30 heavy (non-hydrogen) atoms. The molecule has 0 bridgehead atoms. The lowest BCUT2D eigenvalue weighted by Crippen LogP contribution is -2.88. The van der Waals surface area contributed by atoms with E-state index in [4.69, 9.17) is 9.47 Å². The summed E-state index contributed by atoms with van der Waals surface area (Å²) in [6.07, 6.45) is 0.849. The van der Waals surface area contributed by atoms with Crippen molar-refractivity contribution in [3.8, 4) is 11.5 Å². The molecular formula is C25H27N2O3+. The third-order valence-electron chi connectivity index (χ3n) is 5.48. The highest BCUT2D eigenvalue weighted by Crippen LogP contribution is 2.30. The van der Waals surface area contributed by atoms with E-state index in [2.05, 4.69) is 16.7 Å². The number of carbonyl (C=O) groups excluding carboxylic acids is 1. The molecule has 1 aliphatic rings. The van der Waals surface area contributed by atoms with Gasteiger partial charge in [-0.25, -0.2) is 0 Å². The van der Waals surface area contributed by atoms with Crippen LogP contribution >= 0.6 is 0 Å².